The molecule has 5 rings (SSSR count). The summed E-state index contributed by atoms with van der Waals surface area (Å²) in [6.07, 6.45) is 3.50. The van der Waals surface area contributed by atoms with Gasteiger partial charge in [0.05, 0.1) is 6.04 Å². The molecular weight excluding hydrogens is 437 g/mol. The first-order chi connectivity index (χ1) is 16.0. The summed E-state index contributed by atoms with van der Waals surface area (Å²) in [4.78, 5) is 24.7. The van der Waals surface area contributed by atoms with E-state index in [0.29, 0.717) is 17.9 Å². The molecule has 2 aromatic heterocycles. The number of carbonyl (C=O) groups is 1. The standard InChI is InChI=1S/C25H24FN5OS/c1-15-12-20(26)13-19-9-11-28-23(22(15)19)31(21-4-3-10-27-14-21)25(32)18-7-5-17(6-8-18)24-29-16(2)30-33-24/h5-9,11-13,21,27H,3-4,10,14H2,1-2H3/t21-/m1/s1. The lowest BCUT2D eigenvalue weighted by Crippen LogP contribution is -2.49. The second-order valence-electron chi connectivity index (χ2n) is 8.35. The highest BCUT2D eigenvalue weighted by molar-refractivity contribution is 7.09. The van der Waals surface area contributed by atoms with E-state index in [-0.39, 0.29) is 17.8 Å². The fourth-order valence-corrected chi connectivity index (χ4v) is 5.11. The number of carbonyl (C=O) groups excluding carboxylic acids is 1. The number of anilines is 1. The minimum Gasteiger partial charge on any atom is -0.315 e. The number of hydrogen-bond donors (Lipinski definition) is 1. The predicted octanol–water partition coefficient (Wildman–Crippen LogP) is 4.91. The summed E-state index contributed by atoms with van der Waals surface area (Å²) in [5.74, 6) is 0.900. The van der Waals surface area contributed by atoms with Gasteiger partial charge in [-0.15, -0.1) is 0 Å². The van der Waals surface area contributed by atoms with Gasteiger partial charge in [-0.25, -0.2) is 14.4 Å². The Kier molecular flexibility index (Phi) is 5.86. The Labute approximate surface area is 195 Å². The van der Waals surface area contributed by atoms with E-state index >= 15 is 0 Å². The lowest BCUT2D eigenvalue weighted by molar-refractivity contribution is 0.0972. The number of hydrogen-bond acceptors (Lipinski definition) is 6. The summed E-state index contributed by atoms with van der Waals surface area (Å²) in [5, 5.41) is 5.77. The average molecular weight is 462 g/mol. The van der Waals surface area contributed by atoms with E-state index < -0.39 is 0 Å². The van der Waals surface area contributed by atoms with E-state index in [1.54, 1.807) is 17.2 Å². The van der Waals surface area contributed by atoms with Crippen LogP contribution < -0.4 is 10.2 Å². The van der Waals surface area contributed by atoms with Crippen LogP contribution in [0.1, 0.15) is 34.6 Å². The van der Waals surface area contributed by atoms with Gasteiger partial charge in [-0.05, 0) is 86.0 Å². The monoisotopic (exact) mass is 461 g/mol. The molecule has 1 fully saturated rings. The molecule has 0 unspecified atom stereocenters. The van der Waals surface area contributed by atoms with Crippen molar-refractivity contribution in [1.29, 1.82) is 0 Å². The number of fused-ring (bicyclic) bond motifs is 1. The molecule has 0 bridgehead atoms. The summed E-state index contributed by atoms with van der Waals surface area (Å²) in [5.41, 5.74) is 2.26. The zero-order valence-electron chi connectivity index (χ0n) is 18.5. The second-order valence-corrected chi connectivity index (χ2v) is 9.11. The Morgan fingerprint density at radius 2 is 2.00 bits per heavy atom. The number of amides is 1. The number of pyridine rings is 1. The van der Waals surface area contributed by atoms with E-state index in [9.17, 15) is 9.18 Å². The molecule has 1 aliphatic rings. The van der Waals surface area contributed by atoms with Gasteiger partial charge in [0.25, 0.3) is 5.91 Å². The summed E-state index contributed by atoms with van der Waals surface area (Å²) in [6.45, 7) is 5.34. The molecule has 1 N–H and O–H groups in total. The number of rotatable bonds is 4. The third-order valence-corrected chi connectivity index (χ3v) is 6.85. The topological polar surface area (TPSA) is 71.0 Å². The number of piperidine rings is 1. The maximum atomic E-state index is 14.1. The van der Waals surface area contributed by atoms with Gasteiger partial charge in [-0.2, -0.15) is 4.37 Å². The van der Waals surface area contributed by atoms with E-state index in [0.717, 1.165) is 52.1 Å². The highest BCUT2D eigenvalue weighted by Crippen LogP contribution is 2.32. The average Bonchev–Trinajstić information content (AvgIpc) is 3.26. The predicted molar refractivity (Wildman–Crippen MR) is 129 cm³/mol. The van der Waals surface area contributed by atoms with Gasteiger partial charge in [0.15, 0.2) is 0 Å². The number of nitrogens with zero attached hydrogens (tertiary/aromatic N) is 4. The minimum atomic E-state index is -0.295. The third kappa shape index (κ3) is 4.24. The highest BCUT2D eigenvalue weighted by atomic mass is 32.1. The van der Waals surface area contributed by atoms with Gasteiger partial charge in [-0.3, -0.25) is 9.69 Å². The van der Waals surface area contributed by atoms with Crippen LogP contribution >= 0.6 is 11.5 Å². The van der Waals surface area contributed by atoms with Crippen molar-refractivity contribution in [2.24, 2.45) is 0 Å². The van der Waals surface area contributed by atoms with E-state index in [4.69, 9.17) is 0 Å². The zero-order chi connectivity index (χ0) is 22.9. The molecule has 6 nitrogen and oxygen atoms in total. The molecule has 4 aromatic rings. The van der Waals surface area contributed by atoms with Crippen molar-refractivity contribution in [2.45, 2.75) is 32.7 Å². The van der Waals surface area contributed by atoms with Gasteiger partial charge >= 0.3 is 0 Å². The van der Waals surface area contributed by atoms with Crippen molar-refractivity contribution in [3.05, 3.63) is 71.4 Å². The highest BCUT2D eigenvalue weighted by Gasteiger charge is 2.30. The molecule has 33 heavy (non-hydrogen) atoms. The number of aromatic nitrogens is 3. The first kappa shape index (κ1) is 21.6. The van der Waals surface area contributed by atoms with Crippen molar-refractivity contribution >= 4 is 34.0 Å². The van der Waals surface area contributed by atoms with Crippen molar-refractivity contribution in [1.82, 2.24) is 19.7 Å². The van der Waals surface area contributed by atoms with Crippen LogP contribution in [0.25, 0.3) is 21.3 Å². The SMILES string of the molecule is Cc1nsc(-c2ccc(C(=O)N(c3nccc4cc(F)cc(C)c34)[C@@H]3CCCNC3)cc2)n1. The molecular formula is C25H24FN5OS. The lowest BCUT2D eigenvalue weighted by atomic mass is 10.0. The van der Waals surface area contributed by atoms with Gasteiger partial charge in [-0.1, -0.05) is 12.1 Å². The zero-order valence-corrected chi connectivity index (χ0v) is 19.3. The molecule has 8 heteroatoms. The van der Waals surface area contributed by atoms with Crippen molar-refractivity contribution in [3.8, 4) is 10.6 Å². The lowest BCUT2D eigenvalue weighted by Gasteiger charge is -2.35. The van der Waals surface area contributed by atoms with Crippen molar-refractivity contribution in [3.63, 3.8) is 0 Å². The second kappa shape index (κ2) is 8.96. The normalized spacial score (nSPS) is 16.2. The third-order valence-electron chi connectivity index (χ3n) is 5.99. The Balaban J connectivity index is 1.58. The number of halogens is 1. The van der Waals surface area contributed by atoms with Crippen molar-refractivity contribution in [2.75, 3.05) is 18.0 Å². The smallest absolute Gasteiger partial charge is 0.259 e. The quantitative estimate of drug-likeness (QED) is 0.468. The largest absolute Gasteiger partial charge is 0.315 e. The Morgan fingerprint density at radius 3 is 2.70 bits per heavy atom. The Morgan fingerprint density at radius 1 is 1.18 bits per heavy atom. The molecule has 1 amide bonds. The minimum absolute atomic E-state index is 0.0423. The molecule has 1 atom stereocenters. The fraction of sp³-hybridized carbons (Fsp3) is 0.280. The number of benzene rings is 2. The van der Waals surface area contributed by atoms with E-state index in [1.165, 1.54) is 23.7 Å². The fourth-order valence-electron chi connectivity index (χ4n) is 4.44. The summed E-state index contributed by atoms with van der Waals surface area (Å²) >= 11 is 1.34. The number of nitrogens with one attached hydrogen (secondary N) is 1. The first-order valence-electron chi connectivity index (χ1n) is 11.0. The van der Waals surface area contributed by atoms with Crippen LogP contribution in [0.5, 0.6) is 0 Å². The van der Waals surface area contributed by atoms with Crippen molar-refractivity contribution < 1.29 is 9.18 Å². The summed E-state index contributed by atoms with van der Waals surface area (Å²) in [6, 6.07) is 12.2. The molecule has 2 aromatic carbocycles. The van der Waals surface area contributed by atoms with Crippen LogP contribution in [-0.4, -0.2) is 39.4 Å². The molecule has 1 aliphatic heterocycles. The van der Waals surface area contributed by atoms with Crippen LogP contribution in [0, 0.1) is 19.7 Å². The molecule has 0 radical (unpaired) electrons. The molecule has 168 valence electrons. The molecule has 3 heterocycles. The van der Waals surface area contributed by atoms with Gasteiger partial charge in [0.1, 0.15) is 22.5 Å². The van der Waals surface area contributed by atoms with Crippen LogP contribution in [0.3, 0.4) is 0 Å². The van der Waals surface area contributed by atoms with Gasteiger partial charge in [0, 0.05) is 29.3 Å². The molecule has 0 saturated carbocycles. The van der Waals surface area contributed by atoms with E-state index in [2.05, 4.69) is 19.7 Å². The van der Waals surface area contributed by atoms with E-state index in [1.807, 2.05) is 38.1 Å². The van der Waals surface area contributed by atoms with Gasteiger partial charge in [0.2, 0.25) is 0 Å². The maximum absolute atomic E-state index is 14.1. The Hall–Kier alpha value is -3.23. The summed E-state index contributed by atoms with van der Waals surface area (Å²) in [7, 11) is 0. The summed E-state index contributed by atoms with van der Waals surface area (Å²) < 4.78 is 18.3. The van der Waals surface area contributed by atoms with Crippen LogP contribution in [0.2, 0.25) is 0 Å². The molecule has 1 saturated heterocycles. The maximum Gasteiger partial charge on any atom is 0.259 e. The van der Waals surface area contributed by atoms with Crippen LogP contribution in [0.4, 0.5) is 10.2 Å². The van der Waals surface area contributed by atoms with Gasteiger partial charge < -0.3 is 5.32 Å². The van der Waals surface area contributed by atoms with Crippen LogP contribution in [-0.2, 0) is 0 Å². The Bertz CT molecular complexity index is 1310. The van der Waals surface area contributed by atoms with Crippen LogP contribution in [0.15, 0.2) is 48.7 Å². The molecule has 0 aliphatic carbocycles. The molecule has 0 spiro atoms. The number of aryl methyl sites for hydroxylation is 2. The first-order valence-corrected chi connectivity index (χ1v) is 11.8.